The van der Waals surface area contributed by atoms with Crippen LogP contribution < -0.4 is 5.32 Å². The van der Waals surface area contributed by atoms with E-state index in [1.165, 1.54) is 26.9 Å². The van der Waals surface area contributed by atoms with Crippen molar-refractivity contribution in [1.82, 2.24) is 5.32 Å². The van der Waals surface area contributed by atoms with E-state index in [0.29, 0.717) is 11.3 Å². The maximum Gasteiger partial charge on any atom is 0.0466 e. The van der Waals surface area contributed by atoms with E-state index < -0.39 is 0 Å². The minimum atomic E-state index is 0.424. The molecule has 1 N–H and O–H groups in total. The summed E-state index contributed by atoms with van der Waals surface area (Å²) in [5.74, 6) is 0. The van der Waals surface area contributed by atoms with E-state index in [1.54, 1.807) is 11.3 Å². The summed E-state index contributed by atoms with van der Waals surface area (Å²) in [4.78, 5) is 1.45. The Kier molecular flexibility index (Phi) is 4.87. The molecule has 0 spiro atoms. The summed E-state index contributed by atoms with van der Waals surface area (Å²) in [6, 6.07) is 9.23. The molecule has 2 atom stereocenters. The molecule has 4 heteroatoms. The van der Waals surface area contributed by atoms with Gasteiger partial charge in [0.05, 0.1) is 0 Å². The van der Waals surface area contributed by atoms with Gasteiger partial charge < -0.3 is 5.32 Å². The van der Waals surface area contributed by atoms with Gasteiger partial charge in [-0.2, -0.15) is 11.3 Å². The maximum atomic E-state index is 3.75. The fourth-order valence-electron chi connectivity index (χ4n) is 2.65. The first-order valence-corrected chi connectivity index (χ1v) is 9.60. The second kappa shape index (κ2) is 6.65. The Balaban J connectivity index is 1.83. The molecule has 2 aromatic rings. The van der Waals surface area contributed by atoms with Gasteiger partial charge in [0.15, 0.2) is 0 Å². The molecule has 0 bridgehead atoms. The molecule has 1 aromatic heterocycles. The predicted molar refractivity (Wildman–Crippen MR) is 92.8 cm³/mol. The van der Waals surface area contributed by atoms with Crippen molar-refractivity contribution >= 4 is 39.0 Å². The number of rotatable bonds is 5. The fraction of sp³-hybridized carbons (Fsp3) is 0.375. The van der Waals surface area contributed by atoms with Gasteiger partial charge in [0.1, 0.15) is 0 Å². The third-order valence-corrected chi connectivity index (χ3v) is 6.78. The highest BCUT2D eigenvalue weighted by Crippen LogP contribution is 2.44. The maximum absolute atomic E-state index is 3.75. The van der Waals surface area contributed by atoms with Crippen LogP contribution in [0.1, 0.15) is 30.5 Å². The molecule has 20 heavy (non-hydrogen) atoms. The normalized spacial score (nSPS) is 19.0. The van der Waals surface area contributed by atoms with Crippen LogP contribution in [0.5, 0.6) is 0 Å². The van der Waals surface area contributed by atoms with Crippen LogP contribution in [0.4, 0.5) is 0 Å². The second-order valence-electron chi connectivity index (χ2n) is 5.08. The van der Waals surface area contributed by atoms with Crippen molar-refractivity contribution in [2.24, 2.45) is 0 Å². The summed E-state index contributed by atoms with van der Waals surface area (Å²) in [5.41, 5.74) is 2.91. The summed E-state index contributed by atoms with van der Waals surface area (Å²) in [6.45, 7) is 3.30. The minimum Gasteiger partial charge on any atom is -0.309 e. The lowest BCUT2D eigenvalue weighted by Gasteiger charge is -2.24. The van der Waals surface area contributed by atoms with E-state index in [4.69, 9.17) is 0 Å². The highest BCUT2D eigenvalue weighted by atomic mass is 79.9. The first kappa shape index (κ1) is 14.6. The van der Waals surface area contributed by atoms with Gasteiger partial charge >= 0.3 is 0 Å². The van der Waals surface area contributed by atoms with Crippen LogP contribution in [-0.2, 0) is 6.42 Å². The van der Waals surface area contributed by atoms with E-state index in [1.807, 2.05) is 11.8 Å². The van der Waals surface area contributed by atoms with E-state index >= 15 is 0 Å². The number of benzene rings is 1. The first-order valence-electron chi connectivity index (χ1n) is 6.99. The van der Waals surface area contributed by atoms with Crippen molar-refractivity contribution in [2.75, 3.05) is 6.54 Å². The zero-order valence-corrected chi connectivity index (χ0v) is 14.7. The van der Waals surface area contributed by atoms with Crippen LogP contribution in [0, 0.1) is 0 Å². The van der Waals surface area contributed by atoms with E-state index in [0.717, 1.165) is 13.0 Å². The van der Waals surface area contributed by atoms with Crippen molar-refractivity contribution in [3.8, 4) is 0 Å². The molecule has 3 rings (SSSR count). The third kappa shape index (κ3) is 2.98. The molecule has 1 aromatic carbocycles. The quantitative estimate of drug-likeness (QED) is 0.772. The van der Waals surface area contributed by atoms with Gasteiger partial charge in [0, 0.05) is 26.0 Å². The van der Waals surface area contributed by atoms with Gasteiger partial charge in [-0.3, -0.25) is 0 Å². The molecule has 1 aliphatic rings. The molecule has 106 valence electrons. The van der Waals surface area contributed by atoms with Crippen LogP contribution in [-0.4, -0.2) is 11.8 Å². The average molecular weight is 368 g/mol. The molecule has 1 aliphatic heterocycles. The molecule has 2 heterocycles. The number of thiophene rings is 1. The van der Waals surface area contributed by atoms with Gasteiger partial charge in [0.25, 0.3) is 0 Å². The summed E-state index contributed by atoms with van der Waals surface area (Å²) >= 11 is 7.50. The Morgan fingerprint density at radius 2 is 2.20 bits per heavy atom. The Hall–Kier alpha value is -0.290. The largest absolute Gasteiger partial charge is 0.309 e. The lowest BCUT2D eigenvalue weighted by Crippen LogP contribution is -2.30. The number of hydrogen-bond acceptors (Lipinski definition) is 3. The summed E-state index contributed by atoms with van der Waals surface area (Å²) < 4.78 is 1.24. The van der Waals surface area contributed by atoms with E-state index in [-0.39, 0.29) is 0 Å². The second-order valence-corrected chi connectivity index (χ2v) is 7.95. The standard InChI is InChI=1S/C16H18BrNS2/c1-2-7-18-16(12-9-19-10-13(12)17)15-8-11-5-3-4-6-14(11)20-15/h3-6,9-10,15-16,18H,2,7-8H2,1H3. The van der Waals surface area contributed by atoms with Crippen molar-refractivity contribution in [2.45, 2.75) is 36.0 Å². The highest BCUT2D eigenvalue weighted by molar-refractivity contribution is 9.10. The molecule has 1 nitrogen and oxygen atoms in total. The smallest absolute Gasteiger partial charge is 0.0466 e. The van der Waals surface area contributed by atoms with Gasteiger partial charge in [-0.05, 0) is 57.9 Å². The summed E-state index contributed by atoms with van der Waals surface area (Å²) in [7, 11) is 0. The third-order valence-electron chi connectivity index (χ3n) is 3.64. The van der Waals surface area contributed by atoms with Crippen LogP contribution in [0.25, 0.3) is 0 Å². The Morgan fingerprint density at radius 3 is 2.90 bits per heavy atom. The van der Waals surface area contributed by atoms with Gasteiger partial charge in [-0.15, -0.1) is 11.8 Å². The molecule has 0 saturated heterocycles. The molecule has 0 saturated carbocycles. The lowest BCUT2D eigenvalue weighted by molar-refractivity contribution is 0.513. The Labute approximate surface area is 137 Å². The van der Waals surface area contributed by atoms with Gasteiger partial charge in [-0.1, -0.05) is 25.1 Å². The Morgan fingerprint density at radius 1 is 1.35 bits per heavy atom. The lowest BCUT2D eigenvalue weighted by atomic mass is 10.0. The molecule has 0 fully saturated rings. The summed E-state index contributed by atoms with van der Waals surface area (Å²) in [5, 5.41) is 8.80. The fourth-order valence-corrected chi connectivity index (χ4v) is 5.66. The first-order chi connectivity index (χ1) is 9.79. The van der Waals surface area contributed by atoms with Crippen molar-refractivity contribution < 1.29 is 0 Å². The zero-order valence-electron chi connectivity index (χ0n) is 11.4. The number of halogens is 1. The van der Waals surface area contributed by atoms with Crippen molar-refractivity contribution in [1.29, 1.82) is 0 Å². The van der Waals surface area contributed by atoms with E-state index in [2.05, 4.69) is 63.2 Å². The van der Waals surface area contributed by atoms with Gasteiger partial charge in [-0.25, -0.2) is 0 Å². The highest BCUT2D eigenvalue weighted by Gasteiger charge is 2.31. The van der Waals surface area contributed by atoms with Crippen LogP contribution in [0.3, 0.4) is 0 Å². The van der Waals surface area contributed by atoms with Crippen LogP contribution in [0.15, 0.2) is 44.4 Å². The number of thioether (sulfide) groups is 1. The molecule has 0 aliphatic carbocycles. The van der Waals surface area contributed by atoms with Crippen molar-refractivity contribution in [3.05, 3.63) is 50.6 Å². The van der Waals surface area contributed by atoms with Gasteiger partial charge in [0.2, 0.25) is 0 Å². The predicted octanol–water partition coefficient (Wildman–Crippen LogP) is 5.27. The zero-order chi connectivity index (χ0) is 13.9. The summed E-state index contributed by atoms with van der Waals surface area (Å²) in [6.07, 6.45) is 2.33. The van der Waals surface area contributed by atoms with Crippen molar-refractivity contribution in [3.63, 3.8) is 0 Å². The van der Waals surface area contributed by atoms with Crippen LogP contribution >= 0.6 is 39.0 Å². The number of hydrogen-bond donors (Lipinski definition) is 1. The molecular formula is C16H18BrNS2. The topological polar surface area (TPSA) is 12.0 Å². The minimum absolute atomic E-state index is 0.424. The molecule has 0 amide bonds. The molecule has 2 unspecified atom stereocenters. The van der Waals surface area contributed by atoms with E-state index in [9.17, 15) is 0 Å². The Bertz CT molecular complexity index is 556. The number of nitrogens with one attached hydrogen (secondary N) is 1. The molecular weight excluding hydrogens is 350 g/mol. The SMILES string of the molecule is CCCNC(c1cscc1Br)C1Cc2ccccc2S1. The monoisotopic (exact) mass is 367 g/mol. The number of fused-ring (bicyclic) bond motifs is 1. The molecule has 0 radical (unpaired) electrons. The average Bonchev–Trinajstić information content (AvgIpc) is 3.06. The van der Waals surface area contributed by atoms with Crippen LogP contribution in [0.2, 0.25) is 0 Å².